The Morgan fingerprint density at radius 3 is 2.33 bits per heavy atom. The Hall–Kier alpha value is -1.88. The van der Waals surface area contributed by atoms with Gasteiger partial charge in [0.15, 0.2) is 0 Å². The van der Waals surface area contributed by atoms with E-state index in [1.807, 2.05) is 6.92 Å². The molecule has 0 bridgehead atoms. The molecule has 1 saturated carbocycles. The van der Waals surface area contributed by atoms with Crippen LogP contribution in [0.5, 0.6) is 0 Å². The van der Waals surface area contributed by atoms with Crippen molar-refractivity contribution in [1.82, 2.24) is 15.5 Å². The van der Waals surface area contributed by atoms with Crippen molar-refractivity contribution in [2.45, 2.75) is 70.9 Å². The second-order valence-corrected chi connectivity index (χ2v) is 8.33. The Morgan fingerprint density at radius 2 is 1.78 bits per heavy atom. The average molecular weight is 372 g/mol. The van der Waals surface area contributed by atoms with Crippen molar-refractivity contribution in [3.63, 3.8) is 0 Å². The summed E-state index contributed by atoms with van der Waals surface area (Å²) in [5.41, 5.74) is 2.65. The molecule has 0 unspecified atom stereocenters. The molecule has 0 radical (unpaired) electrons. The number of urea groups is 1. The third-order valence-corrected chi connectivity index (χ3v) is 5.96. The molecule has 0 aromatic heterocycles. The number of carbonyl (C=O) groups is 2. The van der Waals surface area contributed by atoms with Crippen LogP contribution in [0.15, 0.2) is 24.3 Å². The van der Waals surface area contributed by atoms with E-state index in [9.17, 15) is 9.59 Å². The Labute approximate surface area is 162 Å². The number of carbonyl (C=O) groups excluding carboxylic acids is 2. The molecule has 1 aliphatic heterocycles. The maximum atomic E-state index is 12.6. The number of hydrogen-bond donors (Lipinski definition) is 2. The van der Waals surface area contributed by atoms with Gasteiger partial charge in [0, 0.05) is 19.1 Å². The minimum Gasteiger partial charge on any atom is -0.336 e. The minimum absolute atomic E-state index is 0.0787. The fraction of sp³-hybridized carbons (Fsp3) is 0.636. The first-order chi connectivity index (χ1) is 13.0. The van der Waals surface area contributed by atoms with Crippen molar-refractivity contribution in [3.05, 3.63) is 35.4 Å². The molecule has 5 nitrogen and oxygen atoms in total. The monoisotopic (exact) mass is 371 g/mol. The summed E-state index contributed by atoms with van der Waals surface area (Å²) in [5.74, 6) is 0.884. The summed E-state index contributed by atoms with van der Waals surface area (Å²) in [6.07, 6.45) is 6.65. The minimum atomic E-state index is -0.403. The van der Waals surface area contributed by atoms with Gasteiger partial charge in [-0.3, -0.25) is 15.0 Å². The Morgan fingerprint density at radius 1 is 1.11 bits per heavy atom. The zero-order chi connectivity index (χ0) is 19.4. The molecule has 2 aliphatic rings. The maximum Gasteiger partial charge on any atom is 0.324 e. The topological polar surface area (TPSA) is 61.4 Å². The Bertz CT molecular complexity index is 650. The second kappa shape index (κ2) is 8.87. The van der Waals surface area contributed by atoms with Gasteiger partial charge in [0.2, 0.25) is 5.91 Å². The number of amides is 3. The molecule has 1 aromatic carbocycles. The molecule has 2 atom stereocenters. The molecule has 1 heterocycles. The van der Waals surface area contributed by atoms with Gasteiger partial charge in [0.1, 0.15) is 0 Å². The highest BCUT2D eigenvalue weighted by molar-refractivity contribution is 5.98. The van der Waals surface area contributed by atoms with Crippen molar-refractivity contribution in [1.29, 1.82) is 0 Å². The SMILES string of the molecule is CC(C)[C@H](N[C@H](C)C(=O)N1CCNC1=O)c1ccc(C2CCCCC2)cc1. The standard InChI is InChI=1S/C22H33N3O2/c1-15(2)20(24-16(3)21(26)25-14-13-23-22(25)27)19-11-9-18(10-12-19)17-7-5-4-6-8-17/h9-12,15-17,20,24H,4-8,13-14H2,1-3H3,(H,23,27)/t16-,20+/m1/s1. The molecular formula is C22H33N3O2. The number of rotatable bonds is 6. The summed E-state index contributed by atoms with van der Waals surface area (Å²) in [5, 5.41) is 6.15. The smallest absolute Gasteiger partial charge is 0.324 e. The molecule has 148 valence electrons. The zero-order valence-electron chi connectivity index (χ0n) is 16.8. The molecule has 5 heteroatoms. The first-order valence-corrected chi connectivity index (χ1v) is 10.4. The van der Waals surface area contributed by atoms with Crippen LogP contribution in [0.2, 0.25) is 0 Å². The summed E-state index contributed by atoms with van der Waals surface area (Å²) in [6, 6.07) is 8.34. The summed E-state index contributed by atoms with van der Waals surface area (Å²) >= 11 is 0. The van der Waals surface area contributed by atoms with Gasteiger partial charge in [0.05, 0.1) is 6.04 Å². The van der Waals surface area contributed by atoms with Crippen molar-refractivity contribution < 1.29 is 9.59 Å². The van der Waals surface area contributed by atoms with Crippen LogP contribution in [-0.4, -0.2) is 36.0 Å². The van der Waals surface area contributed by atoms with E-state index in [-0.39, 0.29) is 18.0 Å². The van der Waals surface area contributed by atoms with E-state index >= 15 is 0 Å². The van der Waals surface area contributed by atoms with Crippen LogP contribution < -0.4 is 10.6 Å². The highest BCUT2D eigenvalue weighted by Gasteiger charge is 2.31. The van der Waals surface area contributed by atoms with E-state index in [4.69, 9.17) is 0 Å². The summed E-state index contributed by atoms with van der Waals surface area (Å²) in [4.78, 5) is 25.7. The Balaban J connectivity index is 1.67. The third kappa shape index (κ3) is 4.70. The molecule has 1 saturated heterocycles. The average Bonchev–Trinajstić information content (AvgIpc) is 3.12. The first kappa shape index (κ1) is 19.9. The van der Waals surface area contributed by atoms with Gasteiger partial charge in [-0.15, -0.1) is 0 Å². The van der Waals surface area contributed by atoms with E-state index in [0.717, 1.165) is 0 Å². The van der Waals surface area contributed by atoms with E-state index in [0.29, 0.717) is 24.9 Å². The molecule has 2 N–H and O–H groups in total. The van der Waals surface area contributed by atoms with E-state index in [1.165, 1.54) is 48.1 Å². The fourth-order valence-electron chi connectivity index (χ4n) is 4.34. The third-order valence-electron chi connectivity index (χ3n) is 5.96. The van der Waals surface area contributed by atoms with Crippen LogP contribution in [0.3, 0.4) is 0 Å². The van der Waals surface area contributed by atoms with E-state index in [2.05, 4.69) is 48.7 Å². The van der Waals surface area contributed by atoms with E-state index in [1.54, 1.807) is 0 Å². The molecule has 3 amide bonds. The van der Waals surface area contributed by atoms with Gasteiger partial charge in [-0.1, -0.05) is 57.4 Å². The van der Waals surface area contributed by atoms with Crippen molar-refractivity contribution in [3.8, 4) is 0 Å². The lowest BCUT2D eigenvalue weighted by atomic mass is 9.83. The molecular weight excluding hydrogens is 338 g/mol. The number of imide groups is 1. The van der Waals surface area contributed by atoms with Gasteiger partial charge in [-0.2, -0.15) is 0 Å². The van der Waals surface area contributed by atoms with Crippen molar-refractivity contribution in [2.75, 3.05) is 13.1 Å². The van der Waals surface area contributed by atoms with Crippen molar-refractivity contribution in [2.24, 2.45) is 5.92 Å². The highest BCUT2D eigenvalue weighted by atomic mass is 16.2. The largest absolute Gasteiger partial charge is 0.336 e. The number of nitrogens with zero attached hydrogens (tertiary/aromatic N) is 1. The number of nitrogens with one attached hydrogen (secondary N) is 2. The zero-order valence-corrected chi connectivity index (χ0v) is 16.8. The fourth-order valence-corrected chi connectivity index (χ4v) is 4.34. The molecule has 2 fully saturated rings. The first-order valence-electron chi connectivity index (χ1n) is 10.4. The maximum absolute atomic E-state index is 12.6. The summed E-state index contributed by atoms with van der Waals surface area (Å²) in [7, 11) is 0. The summed E-state index contributed by atoms with van der Waals surface area (Å²) in [6.45, 7) is 7.15. The van der Waals surface area contributed by atoms with Gasteiger partial charge >= 0.3 is 6.03 Å². The lowest BCUT2D eigenvalue weighted by Gasteiger charge is -2.28. The summed E-state index contributed by atoms with van der Waals surface area (Å²) < 4.78 is 0. The van der Waals surface area contributed by atoms with E-state index < -0.39 is 6.04 Å². The van der Waals surface area contributed by atoms with Crippen LogP contribution >= 0.6 is 0 Å². The molecule has 1 aliphatic carbocycles. The predicted octanol–water partition coefficient (Wildman–Crippen LogP) is 3.96. The molecule has 0 spiro atoms. The molecule has 3 rings (SSSR count). The molecule has 27 heavy (non-hydrogen) atoms. The second-order valence-electron chi connectivity index (χ2n) is 8.33. The van der Waals surface area contributed by atoms with Gasteiger partial charge in [-0.25, -0.2) is 4.79 Å². The highest BCUT2D eigenvalue weighted by Crippen LogP contribution is 2.33. The normalized spacial score (nSPS) is 20.6. The number of hydrogen-bond acceptors (Lipinski definition) is 3. The lowest BCUT2D eigenvalue weighted by molar-refractivity contribution is -0.129. The molecule has 1 aromatic rings. The predicted molar refractivity (Wildman–Crippen MR) is 108 cm³/mol. The van der Waals surface area contributed by atoms with Crippen LogP contribution in [0.25, 0.3) is 0 Å². The Kier molecular flexibility index (Phi) is 6.53. The quantitative estimate of drug-likeness (QED) is 0.796. The lowest BCUT2D eigenvalue weighted by Crippen LogP contribution is -2.47. The van der Waals surface area contributed by atoms with Gasteiger partial charge < -0.3 is 5.32 Å². The van der Waals surface area contributed by atoms with Crippen LogP contribution in [0, 0.1) is 5.92 Å². The van der Waals surface area contributed by atoms with Gasteiger partial charge in [-0.05, 0) is 42.7 Å². The van der Waals surface area contributed by atoms with Gasteiger partial charge in [0.25, 0.3) is 0 Å². The van der Waals surface area contributed by atoms with Crippen LogP contribution in [0.4, 0.5) is 4.79 Å². The number of benzene rings is 1. The van der Waals surface area contributed by atoms with Crippen molar-refractivity contribution >= 4 is 11.9 Å². The van der Waals surface area contributed by atoms with Crippen LogP contribution in [-0.2, 0) is 4.79 Å². The van der Waals surface area contributed by atoms with Crippen LogP contribution in [0.1, 0.15) is 76.0 Å².